The van der Waals surface area contributed by atoms with Crippen LogP contribution in [-0.4, -0.2) is 34.2 Å². The summed E-state index contributed by atoms with van der Waals surface area (Å²) in [6, 6.07) is 0. The third kappa shape index (κ3) is 6.14. The topological polar surface area (TPSA) is 96.7 Å². The highest BCUT2D eigenvalue weighted by Crippen LogP contribution is 2.31. The van der Waals surface area contributed by atoms with Crippen molar-refractivity contribution in [1.82, 2.24) is 20.5 Å². The number of aromatic amines is 1. The maximum Gasteiger partial charge on any atom is 0.220 e. The Hall–Kier alpha value is -1.43. The fourth-order valence-corrected chi connectivity index (χ4v) is 2.28. The smallest absolute Gasteiger partial charge is 0.220 e. The third-order valence-corrected chi connectivity index (χ3v) is 3.61. The number of rotatable bonds is 8. The van der Waals surface area contributed by atoms with Gasteiger partial charge in [-0.1, -0.05) is 20.8 Å². The average molecular weight is 281 g/mol. The number of hydrogen-bond donors (Lipinski definition) is 3. The Morgan fingerprint density at radius 1 is 1.45 bits per heavy atom. The molecule has 0 aromatic carbocycles. The number of carbonyl (C=O) groups is 1. The quantitative estimate of drug-likeness (QED) is 0.668. The zero-order valence-corrected chi connectivity index (χ0v) is 12.8. The molecule has 1 aromatic heterocycles. The molecule has 6 heteroatoms. The summed E-state index contributed by atoms with van der Waals surface area (Å²) < 4.78 is 0. The number of nitrogens with one attached hydrogen (secondary N) is 2. The summed E-state index contributed by atoms with van der Waals surface area (Å²) in [5.41, 5.74) is 5.84. The molecular formula is C14H27N5O. The molecular weight excluding hydrogens is 254 g/mol. The number of nitrogens with zero attached hydrogens (tertiary/aromatic N) is 2. The van der Waals surface area contributed by atoms with Gasteiger partial charge in [0, 0.05) is 19.4 Å². The van der Waals surface area contributed by atoms with E-state index >= 15 is 0 Å². The van der Waals surface area contributed by atoms with Crippen LogP contribution in [0.3, 0.4) is 0 Å². The molecule has 1 amide bonds. The molecule has 0 saturated heterocycles. The highest BCUT2D eigenvalue weighted by molar-refractivity contribution is 5.75. The second kappa shape index (κ2) is 7.99. The van der Waals surface area contributed by atoms with Crippen LogP contribution in [0.1, 0.15) is 45.9 Å². The van der Waals surface area contributed by atoms with Crippen molar-refractivity contribution in [3.05, 3.63) is 12.2 Å². The van der Waals surface area contributed by atoms with Gasteiger partial charge in [0.2, 0.25) is 5.91 Å². The van der Waals surface area contributed by atoms with Gasteiger partial charge in [-0.15, -0.1) is 0 Å². The molecule has 0 fully saturated rings. The SMILES string of the molecule is CC(C)(C)C(CCN)CCC(=O)NCCc1ncn[nH]1. The van der Waals surface area contributed by atoms with Gasteiger partial charge in [0.15, 0.2) is 0 Å². The van der Waals surface area contributed by atoms with Crippen molar-refractivity contribution in [1.29, 1.82) is 0 Å². The minimum absolute atomic E-state index is 0.0933. The van der Waals surface area contributed by atoms with Crippen molar-refractivity contribution in [2.24, 2.45) is 17.1 Å². The molecule has 0 spiro atoms. The third-order valence-electron chi connectivity index (χ3n) is 3.61. The first kappa shape index (κ1) is 16.6. The summed E-state index contributed by atoms with van der Waals surface area (Å²) in [6.07, 6.45) is 4.55. The van der Waals surface area contributed by atoms with E-state index in [1.54, 1.807) is 0 Å². The van der Waals surface area contributed by atoms with Crippen molar-refractivity contribution in [3.63, 3.8) is 0 Å². The Bertz CT molecular complexity index is 383. The Labute approximate surface area is 120 Å². The molecule has 114 valence electrons. The molecule has 1 unspecified atom stereocenters. The van der Waals surface area contributed by atoms with Gasteiger partial charge in [0.05, 0.1) is 0 Å². The standard InChI is InChI=1S/C14H27N5O/c1-14(2,3)11(6-8-15)4-5-13(20)16-9-7-12-17-10-18-19-12/h10-11H,4-9,15H2,1-3H3,(H,16,20)(H,17,18,19). The molecule has 4 N–H and O–H groups in total. The van der Waals surface area contributed by atoms with Crippen molar-refractivity contribution < 1.29 is 4.79 Å². The first-order chi connectivity index (χ1) is 9.43. The second-order valence-electron chi connectivity index (χ2n) is 6.21. The first-order valence-electron chi connectivity index (χ1n) is 7.24. The Morgan fingerprint density at radius 2 is 2.20 bits per heavy atom. The van der Waals surface area contributed by atoms with Crippen molar-refractivity contribution >= 4 is 5.91 Å². The zero-order valence-electron chi connectivity index (χ0n) is 12.8. The lowest BCUT2D eigenvalue weighted by Crippen LogP contribution is -2.29. The monoisotopic (exact) mass is 281 g/mol. The Morgan fingerprint density at radius 3 is 2.75 bits per heavy atom. The average Bonchev–Trinajstić information content (AvgIpc) is 2.86. The predicted molar refractivity (Wildman–Crippen MR) is 78.9 cm³/mol. The van der Waals surface area contributed by atoms with Crippen LogP contribution in [0.4, 0.5) is 0 Å². The first-order valence-corrected chi connectivity index (χ1v) is 7.24. The van der Waals surface area contributed by atoms with Gasteiger partial charge in [0.1, 0.15) is 12.2 Å². The van der Waals surface area contributed by atoms with Crippen LogP contribution in [0.25, 0.3) is 0 Å². The van der Waals surface area contributed by atoms with Crippen LogP contribution in [0.2, 0.25) is 0 Å². The molecule has 0 saturated carbocycles. The Kier molecular flexibility index (Phi) is 6.64. The van der Waals surface area contributed by atoms with Crippen LogP contribution in [0.5, 0.6) is 0 Å². The van der Waals surface area contributed by atoms with Crippen molar-refractivity contribution in [2.45, 2.75) is 46.5 Å². The van der Waals surface area contributed by atoms with Gasteiger partial charge in [-0.2, -0.15) is 5.10 Å². The van der Waals surface area contributed by atoms with E-state index in [2.05, 4.69) is 41.3 Å². The Balaban J connectivity index is 2.24. The van der Waals surface area contributed by atoms with Gasteiger partial charge in [-0.3, -0.25) is 9.89 Å². The number of H-pyrrole nitrogens is 1. The highest BCUT2D eigenvalue weighted by Gasteiger charge is 2.24. The maximum atomic E-state index is 11.8. The fourth-order valence-electron chi connectivity index (χ4n) is 2.28. The summed E-state index contributed by atoms with van der Waals surface area (Å²) in [6.45, 7) is 7.87. The molecule has 0 aliphatic carbocycles. The second-order valence-corrected chi connectivity index (χ2v) is 6.21. The molecule has 1 atom stereocenters. The number of carbonyl (C=O) groups excluding carboxylic acids is 1. The van der Waals surface area contributed by atoms with E-state index in [-0.39, 0.29) is 11.3 Å². The van der Waals surface area contributed by atoms with Gasteiger partial charge < -0.3 is 11.1 Å². The van der Waals surface area contributed by atoms with Gasteiger partial charge in [-0.25, -0.2) is 4.98 Å². The van der Waals surface area contributed by atoms with Crippen LogP contribution >= 0.6 is 0 Å². The lowest BCUT2D eigenvalue weighted by Gasteiger charge is -2.30. The molecule has 1 heterocycles. The van der Waals surface area contributed by atoms with E-state index < -0.39 is 0 Å². The van der Waals surface area contributed by atoms with E-state index in [9.17, 15) is 4.79 Å². The normalized spacial score (nSPS) is 13.2. The lowest BCUT2D eigenvalue weighted by atomic mass is 9.76. The van der Waals surface area contributed by atoms with E-state index in [1.165, 1.54) is 6.33 Å². The molecule has 1 rings (SSSR count). The lowest BCUT2D eigenvalue weighted by molar-refractivity contribution is -0.121. The van der Waals surface area contributed by atoms with Crippen LogP contribution in [0.15, 0.2) is 6.33 Å². The largest absolute Gasteiger partial charge is 0.356 e. The van der Waals surface area contributed by atoms with E-state index in [0.29, 0.717) is 31.8 Å². The van der Waals surface area contributed by atoms with Crippen LogP contribution in [-0.2, 0) is 11.2 Å². The summed E-state index contributed by atoms with van der Waals surface area (Å²) in [7, 11) is 0. The molecule has 0 aliphatic rings. The summed E-state index contributed by atoms with van der Waals surface area (Å²) in [4.78, 5) is 15.8. The molecule has 0 bridgehead atoms. The van der Waals surface area contributed by atoms with Gasteiger partial charge in [0.25, 0.3) is 0 Å². The molecule has 0 aliphatic heterocycles. The van der Waals surface area contributed by atoms with Gasteiger partial charge >= 0.3 is 0 Å². The summed E-state index contributed by atoms with van der Waals surface area (Å²) in [5.74, 6) is 1.37. The fraction of sp³-hybridized carbons (Fsp3) is 0.786. The molecule has 0 radical (unpaired) electrons. The van der Waals surface area contributed by atoms with Crippen LogP contribution in [0, 0.1) is 11.3 Å². The number of hydrogen-bond acceptors (Lipinski definition) is 4. The van der Waals surface area contributed by atoms with E-state index in [1.807, 2.05) is 0 Å². The molecule has 1 aromatic rings. The molecule has 20 heavy (non-hydrogen) atoms. The summed E-state index contributed by atoms with van der Waals surface area (Å²) in [5, 5.41) is 9.45. The van der Waals surface area contributed by atoms with Crippen molar-refractivity contribution in [2.75, 3.05) is 13.1 Å². The summed E-state index contributed by atoms with van der Waals surface area (Å²) >= 11 is 0. The van der Waals surface area contributed by atoms with Crippen molar-refractivity contribution in [3.8, 4) is 0 Å². The minimum atomic E-state index is 0.0933. The highest BCUT2D eigenvalue weighted by atomic mass is 16.1. The predicted octanol–water partition coefficient (Wildman–Crippen LogP) is 1.25. The van der Waals surface area contributed by atoms with E-state index in [0.717, 1.165) is 18.7 Å². The maximum absolute atomic E-state index is 11.8. The van der Waals surface area contributed by atoms with Gasteiger partial charge in [-0.05, 0) is 30.7 Å². The minimum Gasteiger partial charge on any atom is -0.356 e. The zero-order chi connectivity index (χ0) is 15.0. The number of amides is 1. The van der Waals surface area contributed by atoms with E-state index in [4.69, 9.17) is 5.73 Å². The molecule has 6 nitrogen and oxygen atoms in total. The van der Waals surface area contributed by atoms with Crippen LogP contribution < -0.4 is 11.1 Å². The number of nitrogens with two attached hydrogens (primary N) is 1. The number of aromatic nitrogens is 3.